The van der Waals surface area contributed by atoms with Crippen LogP contribution in [0.15, 0.2) is 67.1 Å². The highest BCUT2D eigenvalue weighted by molar-refractivity contribution is 5.97. The van der Waals surface area contributed by atoms with Crippen LogP contribution in [0.5, 0.6) is 0 Å². The van der Waals surface area contributed by atoms with Gasteiger partial charge in [-0.3, -0.25) is 9.78 Å². The normalized spacial score (nSPS) is 11.0. The van der Waals surface area contributed by atoms with Gasteiger partial charge in [-0.1, -0.05) is 35.9 Å². The van der Waals surface area contributed by atoms with Crippen molar-refractivity contribution >= 4 is 16.8 Å². The molecule has 26 heavy (non-hydrogen) atoms. The van der Waals surface area contributed by atoms with Gasteiger partial charge in [-0.15, -0.1) is 0 Å². The van der Waals surface area contributed by atoms with E-state index in [0.29, 0.717) is 6.42 Å². The first kappa shape index (κ1) is 16.2. The second kappa shape index (κ2) is 6.92. The third kappa shape index (κ3) is 3.40. The molecule has 0 aliphatic carbocycles. The molecule has 3 aromatic heterocycles. The van der Waals surface area contributed by atoms with Gasteiger partial charge < -0.3 is 4.98 Å². The summed E-state index contributed by atoms with van der Waals surface area (Å²) < 4.78 is 0. The standard InChI is InChI=1S/C22H19N3O/c1-15-4-7-17(8-5-15)21(26)12-19-9-6-16(13-24-19)11-18-14-25-22-20(18)3-2-10-23-22/h2-10,13-14H,11-12H2,1H3,(H,23,25). The molecule has 3 heterocycles. The van der Waals surface area contributed by atoms with Gasteiger partial charge in [0.25, 0.3) is 0 Å². The molecule has 0 saturated carbocycles. The van der Waals surface area contributed by atoms with Crippen molar-refractivity contribution < 1.29 is 4.79 Å². The first-order chi connectivity index (χ1) is 12.7. The van der Waals surface area contributed by atoms with E-state index in [4.69, 9.17) is 0 Å². The lowest BCUT2D eigenvalue weighted by Gasteiger charge is -2.04. The summed E-state index contributed by atoms with van der Waals surface area (Å²) in [6.07, 6.45) is 6.73. The Bertz CT molecular complexity index is 1050. The van der Waals surface area contributed by atoms with Crippen LogP contribution in [0.2, 0.25) is 0 Å². The summed E-state index contributed by atoms with van der Waals surface area (Å²) in [5, 5.41) is 1.13. The lowest BCUT2D eigenvalue weighted by Crippen LogP contribution is -2.05. The number of pyridine rings is 2. The number of rotatable bonds is 5. The van der Waals surface area contributed by atoms with Gasteiger partial charge in [-0.2, -0.15) is 0 Å². The molecular weight excluding hydrogens is 322 g/mol. The topological polar surface area (TPSA) is 58.6 Å². The molecule has 4 rings (SSSR count). The van der Waals surface area contributed by atoms with Crippen LogP contribution in [0, 0.1) is 6.92 Å². The predicted octanol–water partition coefficient (Wildman–Crippen LogP) is 4.28. The summed E-state index contributed by atoms with van der Waals surface area (Å²) in [5.74, 6) is 0.0907. The zero-order chi connectivity index (χ0) is 17.9. The average Bonchev–Trinajstić information content (AvgIpc) is 3.07. The fourth-order valence-electron chi connectivity index (χ4n) is 3.05. The maximum atomic E-state index is 12.4. The summed E-state index contributed by atoms with van der Waals surface area (Å²) in [6, 6.07) is 15.6. The molecule has 0 spiro atoms. The number of aromatic nitrogens is 3. The Morgan fingerprint density at radius 3 is 2.65 bits per heavy atom. The van der Waals surface area contributed by atoms with E-state index in [1.807, 2.05) is 61.8 Å². The summed E-state index contributed by atoms with van der Waals surface area (Å²) >= 11 is 0. The highest BCUT2D eigenvalue weighted by Crippen LogP contribution is 2.19. The van der Waals surface area contributed by atoms with Gasteiger partial charge in [0.15, 0.2) is 5.78 Å². The Kier molecular flexibility index (Phi) is 4.32. The first-order valence-electron chi connectivity index (χ1n) is 8.64. The van der Waals surface area contributed by atoms with Crippen LogP contribution in [-0.2, 0) is 12.8 Å². The number of fused-ring (bicyclic) bond motifs is 1. The van der Waals surface area contributed by atoms with Crippen molar-refractivity contribution in [2.24, 2.45) is 0 Å². The molecule has 4 aromatic rings. The lowest BCUT2D eigenvalue weighted by atomic mass is 10.0. The van der Waals surface area contributed by atoms with Gasteiger partial charge >= 0.3 is 0 Å². The van der Waals surface area contributed by atoms with Crippen LogP contribution >= 0.6 is 0 Å². The summed E-state index contributed by atoms with van der Waals surface area (Å²) in [6.45, 7) is 2.01. The van der Waals surface area contributed by atoms with Crippen molar-refractivity contribution in [3.05, 3.63) is 95.1 Å². The van der Waals surface area contributed by atoms with Gasteiger partial charge in [-0.05, 0) is 36.2 Å². The number of carbonyl (C=O) groups excluding carboxylic acids is 1. The second-order valence-corrected chi connectivity index (χ2v) is 6.51. The minimum absolute atomic E-state index is 0.0907. The van der Waals surface area contributed by atoms with E-state index in [-0.39, 0.29) is 5.78 Å². The molecule has 4 nitrogen and oxygen atoms in total. The fourth-order valence-corrected chi connectivity index (χ4v) is 3.05. The largest absolute Gasteiger partial charge is 0.346 e. The van der Waals surface area contributed by atoms with E-state index in [1.54, 1.807) is 6.20 Å². The van der Waals surface area contributed by atoms with Crippen molar-refractivity contribution in [1.82, 2.24) is 15.0 Å². The third-order valence-electron chi connectivity index (χ3n) is 4.53. The van der Waals surface area contributed by atoms with Gasteiger partial charge in [-0.25, -0.2) is 4.98 Å². The van der Waals surface area contributed by atoms with Crippen LogP contribution in [0.4, 0.5) is 0 Å². The molecule has 0 amide bonds. The number of ketones is 1. The molecule has 0 unspecified atom stereocenters. The number of nitrogens with one attached hydrogen (secondary N) is 1. The molecule has 0 aliphatic heterocycles. The number of carbonyl (C=O) groups is 1. The van der Waals surface area contributed by atoms with Crippen molar-refractivity contribution in [1.29, 1.82) is 0 Å². The molecule has 0 bridgehead atoms. The Morgan fingerprint density at radius 1 is 1.04 bits per heavy atom. The van der Waals surface area contributed by atoms with Gasteiger partial charge in [0.2, 0.25) is 0 Å². The smallest absolute Gasteiger partial charge is 0.168 e. The van der Waals surface area contributed by atoms with E-state index in [9.17, 15) is 4.79 Å². The minimum Gasteiger partial charge on any atom is -0.346 e. The lowest BCUT2D eigenvalue weighted by molar-refractivity contribution is 0.0992. The van der Waals surface area contributed by atoms with Gasteiger partial charge in [0.1, 0.15) is 5.65 Å². The van der Waals surface area contributed by atoms with Crippen molar-refractivity contribution in [3.8, 4) is 0 Å². The van der Waals surface area contributed by atoms with E-state index < -0.39 is 0 Å². The Balaban J connectivity index is 1.46. The SMILES string of the molecule is Cc1ccc(C(=O)Cc2ccc(Cc3c[nH]c4ncccc34)cn2)cc1. The van der Waals surface area contributed by atoms with E-state index in [1.165, 1.54) is 5.56 Å². The highest BCUT2D eigenvalue weighted by atomic mass is 16.1. The Hall–Kier alpha value is -3.27. The number of hydrogen-bond donors (Lipinski definition) is 1. The van der Waals surface area contributed by atoms with Crippen molar-refractivity contribution in [3.63, 3.8) is 0 Å². The summed E-state index contributed by atoms with van der Waals surface area (Å²) in [4.78, 5) is 24.3. The number of aromatic amines is 1. The molecular formula is C22H19N3O. The molecule has 4 heteroatoms. The molecule has 1 aromatic carbocycles. The van der Waals surface area contributed by atoms with E-state index in [0.717, 1.165) is 39.8 Å². The van der Waals surface area contributed by atoms with Crippen LogP contribution in [0.3, 0.4) is 0 Å². The third-order valence-corrected chi connectivity index (χ3v) is 4.53. The average molecular weight is 341 g/mol. The van der Waals surface area contributed by atoms with E-state index in [2.05, 4.69) is 21.0 Å². The minimum atomic E-state index is 0.0907. The van der Waals surface area contributed by atoms with Gasteiger partial charge in [0.05, 0.1) is 6.42 Å². The number of nitrogens with zero attached hydrogens (tertiary/aromatic N) is 2. The summed E-state index contributed by atoms with van der Waals surface area (Å²) in [7, 11) is 0. The number of aryl methyl sites for hydroxylation is 1. The molecule has 0 aliphatic rings. The van der Waals surface area contributed by atoms with Crippen LogP contribution in [0.25, 0.3) is 11.0 Å². The van der Waals surface area contributed by atoms with E-state index >= 15 is 0 Å². The zero-order valence-corrected chi connectivity index (χ0v) is 14.6. The Labute approximate surface area is 151 Å². The monoisotopic (exact) mass is 341 g/mol. The van der Waals surface area contributed by atoms with Crippen LogP contribution in [-0.4, -0.2) is 20.7 Å². The fraction of sp³-hybridized carbons (Fsp3) is 0.136. The quantitative estimate of drug-likeness (QED) is 0.551. The maximum Gasteiger partial charge on any atom is 0.168 e. The Morgan fingerprint density at radius 2 is 1.88 bits per heavy atom. The molecule has 0 saturated heterocycles. The highest BCUT2D eigenvalue weighted by Gasteiger charge is 2.09. The predicted molar refractivity (Wildman–Crippen MR) is 102 cm³/mol. The number of Topliss-reactive ketones (excluding diaryl/α,β-unsaturated/α-hetero) is 1. The van der Waals surface area contributed by atoms with Gasteiger partial charge in [0, 0.05) is 41.7 Å². The zero-order valence-electron chi connectivity index (χ0n) is 14.6. The molecule has 0 radical (unpaired) electrons. The van der Waals surface area contributed by atoms with Crippen LogP contribution < -0.4 is 0 Å². The molecule has 0 atom stereocenters. The maximum absolute atomic E-state index is 12.4. The first-order valence-corrected chi connectivity index (χ1v) is 8.64. The number of benzene rings is 1. The molecule has 0 fully saturated rings. The molecule has 128 valence electrons. The van der Waals surface area contributed by atoms with Crippen molar-refractivity contribution in [2.75, 3.05) is 0 Å². The second-order valence-electron chi connectivity index (χ2n) is 6.51. The number of hydrogen-bond acceptors (Lipinski definition) is 3. The van der Waals surface area contributed by atoms with Crippen LogP contribution in [0.1, 0.15) is 32.7 Å². The van der Waals surface area contributed by atoms with Crippen molar-refractivity contribution in [2.45, 2.75) is 19.8 Å². The summed E-state index contributed by atoms with van der Waals surface area (Å²) in [5.41, 5.74) is 5.87. The number of H-pyrrole nitrogens is 1. The molecule has 1 N–H and O–H groups in total.